The van der Waals surface area contributed by atoms with Gasteiger partial charge in [0.2, 0.25) is 10.0 Å². The maximum absolute atomic E-state index is 12.9. The SMILES string of the molecule is COc1ccc(S(=O)(=O)N2CCC(Nc3cc(C(F)(F)F)ncn3)CC2)cc1OC. The highest BCUT2D eigenvalue weighted by molar-refractivity contribution is 7.89. The summed E-state index contributed by atoms with van der Waals surface area (Å²) in [7, 11) is -0.869. The number of benzene rings is 1. The molecule has 1 fully saturated rings. The molecule has 1 aliphatic heterocycles. The monoisotopic (exact) mass is 446 g/mol. The van der Waals surface area contributed by atoms with Gasteiger partial charge in [-0.15, -0.1) is 0 Å². The van der Waals surface area contributed by atoms with Crippen molar-refractivity contribution in [3.05, 3.63) is 36.3 Å². The molecule has 1 aromatic carbocycles. The highest BCUT2D eigenvalue weighted by atomic mass is 32.2. The Hall–Kier alpha value is -2.60. The number of nitrogens with one attached hydrogen (secondary N) is 1. The number of nitrogens with zero attached hydrogens (tertiary/aromatic N) is 3. The van der Waals surface area contributed by atoms with Gasteiger partial charge in [-0.2, -0.15) is 17.5 Å². The first-order valence-electron chi connectivity index (χ1n) is 9.03. The van der Waals surface area contributed by atoms with Crippen LogP contribution in [0.3, 0.4) is 0 Å². The molecule has 164 valence electrons. The molecule has 0 atom stereocenters. The number of ether oxygens (including phenoxy) is 2. The zero-order valence-electron chi connectivity index (χ0n) is 16.3. The molecule has 0 spiro atoms. The third kappa shape index (κ3) is 4.75. The van der Waals surface area contributed by atoms with Crippen LogP contribution in [-0.4, -0.2) is 56.0 Å². The van der Waals surface area contributed by atoms with Gasteiger partial charge < -0.3 is 14.8 Å². The molecule has 1 aromatic heterocycles. The smallest absolute Gasteiger partial charge is 0.433 e. The second-order valence-electron chi connectivity index (χ2n) is 6.63. The van der Waals surface area contributed by atoms with Crippen LogP contribution in [0.5, 0.6) is 11.5 Å². The molecule has 0 amide bonds. The zero-order valence-corrected chi connectivity index (χ0v) is 17.1. The molecule has 3 rings (SSSR count). The Balaban J connectivity index is 1.66. The number of methoxy groups -OCH3 is 2. The molecule has 0 unspecified atom stereocenters. The number of alkyl halides is 3. The molecule has 1 aliphatic rings. The Bertz CT molecular complexity index is 993. The zero-order chi connectivity index (χ0) is 21.9. The summed E-state index contributed by atoms with van der Waals surface area (Å²) in [6, 6.07) is 5.00. The fourth-order valence-corrected chi connectivity index (χ4v) is 4.65. The van der Waals surface area contributed by atoms with E-state index in [1.807, 2.05) is 0 Å². The molecule has 1 saturated heterocycles. The van der Waals surface area contributed by atoms with Gasteiger partial charge in [0.1, 0.15) is 17.8 Å². The molecule has 2 aromatic rings. The van der Waals surface area contributed by atoms with E-state index in [1.165, 1.54) is 36.7 Å². The molecule has 1 N–H and O–H groups in total. The van der Waals surface area contributed by atoms with E-state index in [2.05, 4.69) is 15.3 Å². The number of anilines is 1. The topological polar surface area (TPSA) is 93.7 Å². The van der Waals surface area contributed by atoms with Gasteiger partial charge in [-0.3, -0.25) is 0 Å². The predicted molar refractivity (Wildman–Crippen MR) is 102 cm³/mol. The van der Waals surface area contributed by atoms with Crippen LogP contribution < -0.4 is 14.8 Å². The van der Waals surface area contributed by atoms with Gasteiger partial charge in [0.25, 0.3) is 0 Å². The molecular formula is C18H21F3N4O4S. The Morgan fingerprint density at radius 1 is 1.07 bits per heavy atom. The van der Waals surface area contributed by atoms with Gasteiger partial charge in [-0.1, -0.05) is 0 Å². The number of rotatable bonds is 6. The number of hydrogen-bond donors (Lipinski definition) is 1. The van der Waals surface area contributed by atoms with Gasteiger partial charge in [0, 0.05) is 31.3 Å². The largest absolute Gasteiger partial charge is 0.493 e. The lowest BCUT2D eigenvalue weighted by Crippen LogP contribution is -2.42. The summed E-state index contributed by atoms with van der Waals surface area (Å²) in [6.45, 7) is 0.428. The van der Waals surface area contributed by atoms with Gasteiger partial charge in [-0.05, 0) is 25.0 Å². The van der Waals surface area contributed by atoms with E-state index < -0.39 is 21.9 Å². The van der Waals surface area contributed by atoms with Crippen molar-refractivity contribution in [3.63, 3.8) is 0 Å². The lowest BCUT2D eigenvalue weighted by Gasteiger charge is -2.32. The first-order valence-corrected chi connectivity index (χ1v) is 10.5. The summed E-state index contributed by atoms with van der Waals surface area (Å²) in [6.07, 6.45) is -2.88. The fraction of sp³-hybridized carbons (Fsp3) is 0.444. The minimum Gasteiger partial charge on any atom is -0.493 e. The van der Waals surface area contributed by atoms with Gasteiger partial charge in [0.15, 0.2) is 11.5 Å². The molecule has 0 bridgehead atoms. The molecule has 0 aliphatic carbocycles. The van der Waals surface area contributed by atoms with Gasteiger partial charge in [0.05, 0.1) is 19.1 Å². The molecule has 12 heteroatoms. The quantitative estimate of drug-likeness (QED) is 0.729. The van der Waals surface area contributed by atoms with Crippen LogP contribution >= 0.6 is 0 Å². The highest BCUT2D eigenvalue weighted by Crippen LogP contribution is 2.32. The lowest BCUT2D eigenvalue weighted by atomic mass is 10.1. The summed E-state index contributed by atoms with van der Waals surface area (Å²) in [5, 5.41) is 2.93. The molecule has 30 heavy (non-hydrogen) atoms. The van der Waals surface area contributed by atoms with Crippen LogP contribution in [0, 0.1) is 0 Å². The number of aromatic nitrogens is 2. The van der Waals surface area contributed by atoms with Crippen molar-refractivity contribution in [1.82, 2.24) is 14.3 Å². The van der Waals surface area contributed by atoms with Crippen LogP contribution in [0.15, 0.2) is 35.5 Å². The average molecular weight is 446 g/mol. The fourth-order valence-electron chi connectivity index (χ4n) is 3.17. The van der Waals surface area contributed by atoms with Crippen molar-refractivity contribution < 1.29 is 31.1 Å². The van der Waals surface area contributed by atoms with Gasteiger partial charge in [-0.25, -0.2) is 18.4 Å². The number of piperidine rings is 1. The van der Waals surface area contributed by atoms with E-state index >= 15 is 0 Å². The first-order chi connectivity index (χ1) is 14.1. The molecule has 0 saturated carbocycles. The second kappa shape index (κ2) is 8.64. The van der Waals surface area contributed by atoms with E-state index in [0.717, 1.165) is 12.4 Å². The van der Waals surface area contributed by atoms with E-state index in [9.17, 15) is 21.6 Å². The van der Waals surface area contributed by atoms with E-state index in [1.54, 1.807) is 0 Å². The van der Waals surface area contributed by atoms with E-state index in [4.69, 9.17) is 9.47 Å². The minimum atomic E-state index is -4.56. The normalized spacial score (nSPS) is 16.3. The van der Waals surface area contributed by atoms with Crippen LogP contribution in [0.25, 0.3) is 0 Å². The number of hydrogen-bond acceptors (Lipinski definition) is 7. The predicted octanol–water partition coefficient (Wildman–Crippen LogP) is 2.78. The van der Waals surface area contributed by atoms with Crippen molar-refractivity contribution in [2.45, 2.75) is 30.0 Å². The third-order valence-electron chi connectivity index (χ3n) is 4.76. The summed E-state index contributed by atoms with van der Waals surface area (Å²) >= 11 is 0. The lowest BCUT2D eigenvalue weighted by molar-refractivity contribution is -0.141. The third-order valence-corrected chi connectivity index (χ3v) is 6.65. The molecular weight excluding hydrogens is 425 g/mol. The first kappa shape index (κ1) is 22.1. The number of halogens is 3. The Kier molecular flexibility index (Phi) is 6.36. The van der Waals surface area contributed by atoms with E-state index in [-0.39, 0.29) is 29.8 Å². The molecule has 2 heterocycles. The Morgan fingerprint density at radius 3 is 2.33 bits per heavy atom. The van der Waals surface area contributed by atoms with Crippen molar-refractivity contribution >= 4 is 15.8 Å². The summed E-state index contributed by atoms with van der Waals surface area (Å²) < 4.78 is 75.9. The standard InChI is InChI=1S/C18H21F3N4O4S/c1-28-14-4-3-13(9-15(14)29-2)30(26,27)25-7-5-12(6-8-25)24-17-10-16(18(19,20)21)22-11-23-17/h3-4,9-12H,5-8H2,1-2H3,(H,22,23,24). The Labute approximate surface area is 172 Å². The van der Waals surface area contributed by atoms with Crippen molar-refractivity contribution in [2.24, 2.45) is 0 Å². The maximum atomic E-state index is 12.9. The van der Waals surface area contributed by atoms with Crippen molar-refractivity contribution in [1.29, 1.82) is 0 Å². The summed E-state index contributed by atoms with van der Waals surface area (Å²) in [4.78, 5) is 7.12. The Morgan fingerprint density at radius 2 is 1.73 bits per heavy atom. The van der Waals surface area contributed by atoms with Crippen molar-refractivity contribution in [3.8, 4) is 11.5 Å². The molecule has 0 radical (unpaired) electrons. The highest BCUT2D eigenvalue weighted by Gasteiger charge is 2.34. The van der Waals surface area contributed by atoms with Crippen LogP contribution in [0.1, 0.15) is 18.5 Å². The van der Waals surface area contributed by atoms with E-state index in [0.29, 0.717) is 24.3 Å². The van der Waals surface area contributed by atoms with Gasteiger partial charge >= 0.3 is 6.18 Å². The minimum absolute atomic E-state index is 0.0542. The van der Waals surface area contributed by atoms with Crippen LogP contribution in [-0.2, 0) is 16.2 Å². The summed E-state index contributed by atoms with van der Waals surface area (Å²) in [5.41, 5.74) is -1.03. The van der Waals surface area contributed by atoms with Crippen LogP contribution in [0.2, 0.25) is 0 Å². The van der Waals surface area contributed by atoms with Crippen LogP contribution in [0.4, 0.5) is 19.0 Å². The van der Waals surface area contributed by atoms with Crippen molar-refractivity contribution in [2.75, 3.05) is 32.6 Å². The molecule has 8 nitrogen and oxygen atoms in total. The number of sulfonamides is 1. The summed E-state index contributed by atoms with van der Waals surface area (Å²) in [5.74, 6) is 0.778. The average Bonchev–Trinajstić information content (AvgIpc) is 2.73. The maximum Gasteiger partial charge on any atom is 0.433 e. The second-order valence-corrected chi connectivity index (χ2v) is 8.56.